The van der Waals surface area contributed by atoms with Crippen LogP contribution in [-0.4, -0.2) is 29.2 Å². The van der Waals surface area contributed by atoms with E-state index in [-0.39, 0.29) is 17.8 Å². The largest absolute Gasteiger partial charge is 0.367 e. The Balaban J connectivity index is 1.50. The first-order valence-corrected chi connectivity index (χ1v) is 8.03. The summed E-state index contributed by atoms with van der Waals surface area (Å²) in [7, 11) is 0. The molecule has 0 saturated carbocycles. The molecule has 2 amide bonds. The zero-order chi connectivity index (χ0) is 17.1. The molecule has 1 aromatic carbocycles. The highest BCUT2D eigenvalue weighted by atomic mass is 19.1. The van der Waals surface area contributed by atoms with Crippen molar-refractivity contribution in [2.75, 3.05) is 18.8 Å². The number of aromatic nitrogens is 1. The Hall–Kier alpha value is -2.57. The fourth-order valence-corrected chi connectivity index (χ4v) is 2.99. The molecule has 0 unspecified atom stereocenters. The molecule has 1 aromatic heterocycles. The van der Waals surface area contributed by atoms with E-state index in [0.29, 0.717) is 25.5 Å². The van der Waals surface area contributed by atoms with Crippen molar-refractivity contribution in [3.05, 3.63) is 46.9 Å². The van der Waals surface area contributed by atoms with E-state index in [2.05, 4.69) is 10.5 Å². The van der Waals surface area contributed by atoms with Crippen LogP contribution in [-0.2, 0) is 6.54 Å². The normalized spacial score (nSPS) is 15.5. The van der Waals surface area contributed by atoms with Gasteiger partial charge in [-0.05, 0) is 37.5 Å². The average Bonchev–Trinajstić information content (AvgIpc) is 2.93. The first-order valence-electron chi connectivity index (χ1n) is 8.03. The van der Waals surface area contributed by atoms with Crippen LogP contribution in [0.2, 0.25) is 0 Å². The van der Waals surface area contributed by atoms with Gasteiger partial charge in [0.15, 0.2) is 0 Å². The van der Waals surface area contributed by atoms with Crippen molar-refractivity contribution in [3.8, 4) is 0 Å². The summed E-state index contributed by atoms with van der Waals surface area (Å²) in [5.74, 6) is 0.354. The molecule has 7 heteroatoms. The number of likely N-dealkylation sites (tertiary alicyclic amines) is 1. The lowest BCUT2D eigenvalue weighted by Gasteiger charge is -2.31. The minimum absolute atomic E-state index is 0.103. The van der Waals surface area contributed by atoms with E-state index in [0.717, 1.165) is 29.7 Å². The number of halogens is 1. The van der Waals surface area contributed by atoms with Gasteiger partial charge in [0.05, 0.1) is 5.69 Å². The number of nitrogens with two attached hydrogens (primary N) is 1. The van der Waals surface area contributed by atoms with Crippen LogP contribution in [0, 0.1) is 12.7 Å². The maximum Gasteiger partial charge on any atom is 0.317 e. The third kappa shape index (κ3) is 3.50. The molecule has 1 aliphatic heterocycles. The van der Waals surface area contributed by atoms with Crippen molar-refractivity contribution in [2.45, 2.75) is 32.2 Å². The summed E-state index contributed by atoms with van der Waals surface area (Å²) in [6.45, 7) is 3.61. The van der Waals surface area contributed by atoms with Gasteiger partial charge in [-0.2, -0.15) is 0 Å². The number of anilines is 1. The van der Waals surface area contributed by atoms with Crippen LogP contribution in [0.25, 0.3) is 0 Å². The second kappa shape index (κ2) is 6.90. The van der Waals surface area contributed by atoms with E-state index in [1.807, 2.05) is 6.92 Å². The van der Waals surface area contributed by atoms with Crippen molar-refractivity contribution < 1.29 is 13.7 Å². The van der Waals surface area contributed by atoms with Crippen LogP contribution in [0.3, 0.4) is 0 Å². The number of benzene rings is 1. The SMILES string of the molecule is Cc1c(C2CCN(C(=O)NCc3ccc(F)cc3)CC2)noc1N. The van der Waals surface area contributed by atoms with Gasteiger partial charge in [0, 0.05) is 31.1 Å². The molecule has 2 heterocycles. The summed E-state index contributed by atoms with van der Waals surface area (Å²) >= 11 is 0. The van der Waals surface area contributed by atoms with Gasteiger partial charge >= 0.3 is 6.03 Å². The molecule has 1 saturated heterocycles. The second-order valence-electron chi connectivity index (χ2n) is 6.10. The summed E-state index contributed by atoms with van der Waals surface area (Å²) in [5.41, 5.74) is 8.37. The zero-order valence-electron chi connectivity index (χ0n) is 13.6. The summed E-state index contributed by atoms with van der Waals surface area (Å²) in [5, 5.41) is 6.91. The third-order valence-electron chi connectivity index (χ3n) is 4.52. The van der Waals surface area contributed by atoms with Gasteiger partial charge in [-0.1, -0.05) is 17.3 Å². The Kier molecular flexibility index (Phi) is 4.69. The molecule has 6 nitrogen and oxygen atoms in total. The number of nitrogens with one attached hydrogen (secondary N) is 1. The van der Waals surface area contributed by atoms with Gasteiger partial charge in [0.25, 0.3) is 0 Å². The number of piperidine rings is 1. The molecule has 1 fully saturated rings. The number of carbonyl (C=O) groups excluding carboxylic acids is 1. The van der Waals surface area contributed by atoms with Crippen LogP contribution >= 0.6 is 0 Å². The van der Waals surface area contributed by atoms with Crippen LogP contribution < -0.4 is 11.1 Å². The van der Waals surface area contributed by atoms with Gasteiger partial charge in [-0.25, -0.2) is 9.18 Å². The van der Waals surface area contributed by atoms with Crippen LogP contribution in [0.15, 0.2) is 28.8 Å². The van der Waals surface area contributed by atoms with Crippen molar-refractivity contribution in [1.82, 2.24) is 15.4 Å². The van der Waals surface area contributed by atoms with E-state index in [4.69, 9.17) is 10.3 Å². The number of hydrogen-bond acceptors (Lipinski definition) is 4. The van der Waals surface area contributed by atoms with E-state index in [9.17, 15) is 9.18 Å². The molecule has 3 N–H and O–H groups in total. The average molecular weight is 332 g/mol. The number of urea groups is 1. The molecule has 2 aromatic rings. The van der Waals surface area contributed by atoms with Gasteiger partial charge < -0.3 is 20.5 Å². The highest BCUT2D eigenvalue weighted by molar-refractivity contribution is 5.74. The molecular weight excluding hydrogens is 311 g/mol. The van der Waals surface area contributed by atoms with Gasteiger partial charge in [-0.3, -0.25) is 0 Å². The van der Waals surface area contributed by atoms with Gasteiger partial charge in [0.2, 0.25) is 5.88 Å². The number of hydrogen-bond donors (Lipinski definition) is 2. The minimum Gasteiger partial charge on any atom is -0.367 e. The third-order valence-corrected chi connectivity index (χ3v) is 4.52. The molecule has 24 heavy (non-hydrogen) atoms. The minimum atomic E-state index is -0.282. The van der Waals surface area contributed by atoms with Crippen molar-refractivity contribution in [3.63, 3.8) is 0 Å². The molecule has 128 valence electrons. The highest BCUT2D eigenvalue weighted by Gasteiger charge is 2.27. The second-order valence-corrected chi connectivity index (χ2v) is 6.10. The first-order chi connectivity index (χ1) is 11.5. The molecule has 1 aliphatic rings. The summed E-state index contributed by atoms with van der Waals surface area (Å²) < 4.78 is 17.9. The van der Waals surface area contributed by atoms with E-state index < -0.39 is 0 Å². The lowest BCUT2D eigenvalue weighted by molar-refractivity contribution is 0.180. The number of carbonyl (C=O) groups is 1. The van der Waals surface area contributed by atoms with Gasteiger partial charge in [-0.15, -0.1) is 0 Å². The predicted molar refractivity (Wildman–Crippen MR) is 87.8 cm³/mol. The van der Waals surface area contributed by atoms with E-state index in [1.165, 1.54) is 12.1 Å². The number of amides is 2. The Morgan fingerprint density at radius 3 is 2.62 bits per heavy atom. The zero-order valence-corrected chi connectivity index (χ0v) is 13.6. The Labute approximate surface area is 139 Å². The topological polar surface area (TPSA) is 84.4 Å². The standard InChI is InChI=1S/C17H21FN4O2/c1-11-15(21-24-16(11)19)13-6-8-22(9-7-13)17(23)20-10-12-2-4-14(18)5-3-12/h2-5,13H,6-10,19H2,1H3,(H,20,23). The molecule has 0 spiro atoms. The molecule has 0 aliphatic carbocycles. The highest BCUT2D eigenvalue weighted by Crippen LogP contribution is 2.31. The lowest BCUT2D eigenvalue weighted by atomic mass is 9.91. The van der Waals surface area contributed by atoms with E-state index in [1.54, 1.807) is 17.0 Å². The van der Waals surface area contributed by atoms with Crippen molar-refractivity contribution in [1.29, 1.82) is 0 Å². The number of rotatable bonds is 3. The smallest absolute Gasteiger partial charge is 0.317 e. The summed E-state index contributed by atoms with van der Waals surface area (Å²) in [6.07, 6.45) is 1.66. The molecule has 0 radical (unpaired) electrons. The Bertz CT molecular complexity index is 706. The van der Waals surface area contributed by atoms with Crippen LogP contribution in [0.5, 0.6) is 0 Å². The van der Waals surface area contributed by atoms with Crippen LogP contribution in [0.4, 0.5) is 15.1 Å². The maximum atomic E-state index is 12.9. The Morgan fingerprint density at radius 1 is 1.38 bits per heavy atom. The quantitative estimate of drug-likeness (QED) is 0.905. The lowest BCUT2D eigenvalue weighted by Crippen LogP contribution is -2.43. The Morgan fingerprint density at radius 2 is 2.04 bits per heavy atom. The van der Waals surface area contributed by atoms with Crippen molar-refractivity contribution in [2.24, 2.45) is 0 Å². The molecule has 0 atom stereocenters. The summed E-state index contributed by atoms with van der Waals surface area (Å²) in [4.78, 5) is 14.0. The fraction of sp³-hybridized carbons (Fsp3) is 0.412. The molecule has 0 bridgehead atoms. The number of nitrogen functional groups attached to an aromatic ring is 1. The molecular formula is C17H21FN4O2. The fourth-order valence-electron chi connectivity index (χ4n) is 2.99. The van der Waals surface area contributed by atoms with Crippen LogP contribution in [0.1, 0.15) is 35.6 Å². The van der Waals surface area contributed by atoms with Gasteiger partial charge in [0.1, 0.15) is 5.82 Å². The monoisotopic (exact) mass is 332 g/mol. The first kappa shape index (κ1) is 16.3. The van der Waals surface area contributed by atoms with E-state index >= 15 is 0 Å². The van der Waals surface area contributed by atoms with Crippen molar-refractivity contribution >= 4 is 11.9 Å². The molecule has 3 rings (SSSR count). The maximum absolute atomic E-state index is 12.9. The summed E-state index contributed by atoms with van der Waals surface area (Å²) in [6, 6.07) is 6.01. The predicted octanol–water partition coefficient (Wildman–Crippen LogP) is 2.79. The number of nitrogens with zero attached hydrogens (tertiary/aromatic N) is 2.